The third-order valence-corrected chi connectivity index (χ3v) is 2.44. The van der Waals surface area contributed by atoms with Crippen LogP contribution in [-0.4, -0.2) is 32.2 Å². The second kappa shape index (κ2) is 6.90. The third kappa shape index (κ3) is 4.07. The zero-order chi connectivity index (χ0) is 14.4. The molecule has 104 valence electrons. The molecule has 0 aliphatic rings. The van der Waals surface area contributed by atoms with Crippen molar-refractivity contribution in [2.45, 2.75) is 19.6 Å². The molecular formula is C13H16F2N2O2. The molecule has 19 heavy (non-hydrogen) atoms. The van der Waals surface area contributed by atoms with E-state index in [9.17, 15) is 8.78 Å². The molecule has 0 saturated carbocycles. The van der Waals surface area contributed by atoms with E-state index < -0.39 is 12.7 Å². The summed E-state index contributed by atoms with van der Waals surface area (Å²) in [5.41, 5.74) is 0.664. The summed E-state index contributed by atoms with van der Waals surface area (Å²) >= 11 is 0. The van der Waals surface area contributed by atoms with E-state index >= 15 is 0 Å². The standard InChI is InChI=1S/C13H16F2N2O2/c1-4-18-12-7-9(10(8-16)17(2)3)5-6-11(12)19-13(14)15/h5-7,10,13H,4H2,1-3H3. The van der Waals surface area contributed by atoms with Gasteiger partial charge in [-0.05, 0) is 38.7 Å². The highest BCUT2D eigenvalue weighted by atomic mass is 19.3. The van der Waals surface area contributed by atoms with Gasteiger partial charge in [0.15, 0.2) is 11.5 Å². The molecule has 4 nitrogen and oxygen atoms in total. The van der Waals surface area contributed by atoms with Crippen LogP contribution in [0.1, 0.15) is 18.5 Å². The van der Waals surface area contributed by atoms with Crippen molar-refractivity contribution < 1.29 is 18.3 Å². The van der Waals surface area contributed by atoms with E-state index in [4.69, 9.17) is 10.00 Å². The Hall–Kier alpha value is -1.87. The third-order valence-electron chi connectivity index (χ3n) is 2.44. The summed E-state index contributed by atoms with van der Waals surface area (Å²) < 4.78 is 34.2. The monoisotopic (exact) mass is 270 g/mol. The Morgan fingerprint density at radius 3 is 2.47 bits per heavy atom. The van der Waals surface area contributed by atoms with Crippen molar-refractivity contribution >= 4 is 0 Å². The molecule has 6 heteroatoms. The lowest BCUT2D eigenvalue weighted by atomic mass is 10.1. The summed E-state index contributed by atoms with van der Waals surface area (Å²) in [5, 5.41) is 9.10. The van der Waals surface area contributed by atoms with Gasteiger partial charge in [-0.15, -0.1) is 0 Å². The van der Waals surface area contributed by atoms with Gasteiger partial charge in [0.1, 0.15) is 6.04 Å². The molecule has 1 aromatic rings. The average Bonchev–Trinajstić information content (AvgIpc) is 2.32. The molecule has 0 N–H and O–H groups in total. The molecule has 0 aliphatic heterocycles. The number of nitriles is 1. The lowest BCUT2D eigenvalue weighted by Gasteiger charge is -2.19. The Balaban J connectivity index is 3.11. The van der Waals surface area contributed by atoms with Crippen molar-refractivity contribution in [1.29, 1.82) is 5.26 Å². The first kappa shape index (κ1) is 15.2. The van der Waals surface area contributed by atoms with Crippen LogP contribution in [0, 0.1) is 11.3 Å². The van der Waals surface area contributed by atoms with Crippen LogP contribution in [0.25, 0.3) is 0 Å². The van der Waals surface area contributed by atoms with E-state index in [0.29, 0.717) is 12.2 Å². The van der Waals surface area contributed by atoms with Gasteiger partial charge in [0, 0.05) is 0 Å². The van der Waals surface area contributed by atoms with Crippen LogP contribution in [0.5, 0.6) is 11.5 Å². The van der Waals surface area contributed by atoms with Gasteiger partial charge >= 0.3 is 6.61 Å². The Kier molecular flexibility index (Phi) is 5.52. The first-order valence-electron chi connectivity index (χ1n) is 5.77. The second-order valence-electron chi connectivity index (χ2n) is 4.01. The smallest absolute Gasteiger partial charge is 0.387 e. The van der Waals surface area contributed by atoms with Gasteiger partial charge < -0.3 is 9.47 Å². The van der Waals surface area contributed by atoms with Crippen molar-refractivity contribution in [2.24, 2.45) is 0 Å². The Labute approximate surface area is 111 Å². The van der Waals surface area contributed by atoms with Crippen LogP contribution >= 0.6 is 0 Å². The second-order valence-corrected chi connectivity index (χ2v) is 4.01. The molecule has 1 atom stereocenters. The van der Waals surface area contributed by atoms with Crippen LogP contribution in [-0.2, 0) is 0 Å². The molecule has 0 spiro atoms. The van der Waals surface area contributed by atoms with Gasteiger partial charge in [0.05, 0.1) is 12.7 Å². The fourth-order valence-corrected chi connectivity index (χ4v) is 1.64. The largest absolute Gasteiger partial charge is 0.490 e. The molecule has 0 aliphatic carbocycles. The number of rotatable bonds is 6. The predicted molar refractivity (Wildman–Crippen MR) is 66.3 cm³/mol. The van der Waals surface area contributed by atoms with E-state index in [1.54, 1.807) is 38.1 Å². The number of hydrogen-bond acceptors (Lipinski definition) is 4. The van der Waals surface area contributed by atoms with Crippen molar-refractivity contribution in [3.63, 3.8) is 0 Å². The molecule has 1 rings (SSSR count). The minimum atomic E-state index is -2.91. The Bertz CT molecular complexity index is 458. The van der Waals surface area contributed by atoms with Crippen LogP contribution < -0.4 is 9.47 Å². The zero-order valence-electron chi connectivity index (χ0n) is 11.1. The summed E-state index contributed by atoms with van der Waals surface area (Å²) in [5.74, 6) is 0.179. The number of ether oxygens (including phenoxy) is 2. The molecule has 1 unspecified atom stereocenters. The molecule has 0 aromatic heterocycles. The molecule has 0 bridgehead atoms. The van der Waals surface area contributed by atoms with Crippen molar-refractivity contribution in [1.82, 2.24) is 4.90 Å². The minimum absolute atomic E-state index is 0.0314. The van der Waals surface area contributed by atoms with E-state index in [1.807, 2.05) is 0 Å². The highest BCUT2D eigenvalue weighted by Crippen LogP contribution is 2.32. The summed E-state index contributed by atoms with van der Waals surface area (Å²) in [6.07, 6.45) is 0. The van der Waals surface area contributed by atoms with Crippen molar-refractivity contribution in [2.75, 3.05) is 20.7 Å². The van der Waals surface area contributed by atoms with Gasteiger partial charge in [-0.3, -0.25) is 4.90 Å². The predicted octanol–water partition coefficient (Wildman–Crippen LogP) is 2.81. The summed E-state index contributed by atoms with van der Waals surface area (Å²) in [6, 6.07) is 6.17. The SMILES string of the molecule is CCOc1cc(C(C#N)N(C)C)ccc1OC(F)F. The first-order valence-corrected chi connectivity index (χ1v) is 5.77. The lowest BCUT2D eigenvalue weighted by molar-refractivity contribution is -0.0514. The maximum atomic E-state index is 12.3. The molecule has 0 fully saturated rings. The van der Waals surface area contributed by atoms with E-state index in [0.717, 1.165) is 0 Å². The van der Waals surface area contributed by atoms with Crippen molar-refractivity contribution in [3.8, 4) is 17.6 Å². The van der Waals surface area contributed by atoms with Crippen LogP contribution in [0.4, 0.5) is 8.78 Å². The van der Waals surface area contributed by atoms with Gasteiger partial charge in [0.2, 0.25) is 0 Å². The maximum absolute atomic E-state index is 12.3. The molecule has 1 aromatic carbocycles. The maximum Gasteiger partial charge on any atom is 0.387 e. The van der Waals surface area contributed by atoms with Gasteiger partial charge in [-0.1, -0.05) is 6.07 Å². The quantitative estimate of drug-likeness (QED) is 0.797. The highest BCUT2D eigenvalue weighted by molar-refractivity contribution is 5.45. The Morgan fingerprint density at radius 2 is 2.00 bits per heavy atom. The molecule has 0 amide bonds. The number of alkyl halides is 2. The number of halogens is 2. The van der Waals surface area contributed by atoms with Gasteiger partial charge in [0.25, 0.3) is 0 Å². The molecule has 0 radical (unpaired) electrons. The fraction of sp³-hybridized carbons (Fsp3) is 0.462. The average molecular weight is 270 g/mol. The lowest BCUT2D eigenvalue weighted by Crippen LogP contribution is -2.18. The number of hydrogen-bond donors (Lipinski definition) is 0. The topological polar surface area (TPSA) is 45.5 Å². The number of benzene rings is 1. The Morgan fingerprint density at radius 1 is 1.32 bits per heavy atom. The van der Waals surface area contributed by atoms with E-state index in [1.165, 1.54) is 6.07 Å². The number of nitrogens with zero attached hydrogens (tertiary/aromatic N) is 2. The summed E-state index contributed by atoms with van der Waals surface area (Å²) in [6.45, 7) is -0.847. The van der Waals surface area contributed by atoms with Gasteiger partial charge in [-0.2, -0.15) is 14.0 Å². The van der Waals surface area contributed by atoms with E-state index in [2.05, 4.69) is 10.8 Å². The van der Waals surface area contributed by atoms with Gasteiger partial charge in [-0.25, -0.2) is 0 Å². The normalized spacial score (nSPS) is 12.3. The summed E-state index contributed by atoms with van der Waals surface area (Å²) in [7, 11) is 3.52. The van der Waals surface area contributed by atoms with Crippen LogP contribution in [0.3, 0.4) is 0 Å². The van der Waals surface area contributed by atoms with E-state index in [-0.39, 0.29) is 11.5 Å². The molecule has 0 heterocycles. The first-order chi connectivity index (χ1) is 8.99. The zero-order valence-corrected chi connectivity index (χ0v) is 11.1. The van der Waals surface area contributed by atoms with Crippen LogP contribution in [0.2, 0.25) is 0 Å². The van der Waals surface area contributed by atoms with Crippen molar-refractivity contribution in [3.05, 3.63) is 23.8 Å². The summed E-state index contributed by atoms with van der Waals surface area (Å²) in [4.78, 5) is 1.72. The minimum Gasteiger partial charge on any atom is -0.490 e. The molecule has 0 saturated heterocycles. The molecular weight excluding hydrogens is 254 g/mol. The highest BCUT2D eigenvalue weighted by Gasteiger charge is 2.17. The van der Waals surface area contributed by atoms with Crippen LogP contribution in [0.15, 0.2) is 18.2 Å². The fourth-order valence-electron chi connectivity index (χ4n) is 1.64.